The van der Waals surface area contributed by atoms with E-state index >= 15 is 0 Å². The van der Waals surface area contributed by atoms with Gasteiger partial charge in [-0.05, 0) is 60.4 Å². The van der Waals surface area contributed by atoms with Crippen molar-refractivity contribution in [2.45, 2.75) is 19.8 Å². The van der Waals surface area contributed by atoms with Crippen molar-refractivity contribution in [1.29, 1.82) is 0 Å². The lowest BCUT2D eigenvalue weighted by Crippen LogP contribution is -2.20. The number of non-ortho nitro benzene ring substituents is 1. The van der Waals surface area contributed by atoms with Crippen molar-refractivity contribution in [1.82, 2.24) is 0 Å². The number of nitrogens with zero attached hydrogens (tertiary/aromatic N) is 2. The number of nitrogens with one attached hydrogen (secondary N) is 2. The van der Waals surface area contributed by atoms with Gasteiger partial charge in [0, 0.05) is 47.7 Å². The Kier molecular flexibility index (Phi) is 6.96. The first-order chi connectivity index (χ1) is 16.9. The number of carbonyl (C=O) groups excluding carboxylic acids is 1. The van der Waals surface area contributed by atoms with Gasteiger partial charge in [0.25, 0.3) is 5.69 Å². The number of aryl methyl sites for hydroxylation is 1. The Bertz CT molecular complexity index is 1300. The Morgan fingerprint density at radius 2 is 1.74 bits per heavy atom. The zero-order valence-corrected chi connectivity index (χ0v) is 19.8. The van der Waals surface area contributed by atoms with E-state index in [-0.39, 0.29) is 5.69 Å². The third kappa shape index (κ3) is 5.40. The highest BCUT2D eigenvalue weighted by Gasteiger charge is 2.19. The Morgan fingerprint density at radius 1 is 1.03 bits per heavy atom. The Balaban J connectivity index is 1.42. The van der Waals surface area contributed by atoms with Gasteiger partial charge in [0.2, 0.25) is 0 Å². The lowest BCUT2D eigenvalue weighted by atomic mass is 9.93. The lowest BCUT2D eigenvalue weighted by molar-refractivity contribution is -0.384. The van der Waals surface area contributed by atoms with Crippen molar-refractivity contribution < 1.29 is 19.2 Å². The molecule has 3 aromatic carbocycles. The SMILES string of the molecule is COc1cc2c(cc1OC)C(Cc1ccc(NC(=O)Nc3ccc([N+](=O)[O-])cc3C)cc1)=NCC2. The standard InChI is InChI=1S/C26H26N4O5/c1-16-12-20(30(32)33)8-9-22(16)29-26(31)28-19-6-4-17(5-7-19)13-23-21-15-25(35-3)24(34-2)14-18(21)10-11-27-23/h4-9,12,14-15H,10-11,13H2,1-3H3,(H2,28,29,31). The highest BCUT2D eigenvalue weighted by molar-refractivity contribution is 6.04. The van der Waals surface area contributed by atoms with Crippen molar-refractivity contribution in [3.63, 3.8) is 0 Å². The van der Waals surface area contributed by atoms with Crippen LogP contribution >= 0.6 is 0 Å². The number of anilines is 2. The number of fused-ring (bicyclic) bond motifs is 1. The minimum absolute atomic E-state index is 0.0215. The molecule has 180 valence electrons. The highest BCUT2D eigenvalue weighted by atomic mass is 16.6. The average molecular weight is 475 g/mol. The average Bonchev–Trinajstić information content (AvgIpc) is 2.85. The van der Waals surface area contributed by atoms with Crippen molar-refractivity contribution in [3.8, 4) is 11.5 Å². The number of benzene rings is 3. The summed E-state index contributed by atoms with van der Waals surface area (Å²) in [6, 6.07) is 15.4. The number of nitro groups is 1. The van der Waals surface area contributed by atoms with Gasteiger partial charge in [-0.1, -0.05) is 12.1 Å². The van der Waals surface area contributed by atoms with E-state index in [1.165, 1.54) is 23.8 Å². The Morgan fingerprint density at radius 3 is 2.40 bits per heavy atom. The molecule has 2 N–H and O–H groups in total. The minimum Gasteiger partial charge on any atom is -0.493 e. The van der Waals surface area contributed by atoms with E-state index in [9.17, 15) is 14.9 Å². The number of methoxy groups -OCH3 is 2. The van der Waals surface area contributed by atoms with Crippen molar-refractivity contribution in [3.05, 3.63) is 87.0 Å². The fourth-order valence-corrected chi connectivity index (χ4v) is 4.03. The van der Waals surface area contributed by atoms with E-state index in [0.717, 1.165) is 29.8 Å². The molecule has 0 fully saturated rings. The summed E-state index contributed by atoms with van der Waals surface area (Å²) in [4.78, 5) is 27.6. The summed E-state index contributed by atoms with van der Waals surface area (Å²) in [6.45, 7) is 2.43. The summed E-state index contributed by atoms with van der Waals surface area (Å²) in [5.41, 5.74) is 6.01. The molecule has 9 heteroatoms. The second kappa shape index (κ2) is 10.3. The van der Waals surface area contributed by atoms with Gasteiger partial charge in [-0.25, -0.2) is 4.79 Å². The van der Waals surface area contributed by atoms with Crippen LogP contribution in [0.1, 0.15) is 22.3 Å². The first kappa shape index (κ1) is 23.7. The van der Waals surface area contributed by atoms with Gasteiger partial charge in [0.1, 0.15) is 0 Å². The molecular weight excluding hydrogens is 448 g/mol. The van der Waals surface area contributed by atoms with E-state index in [1.54, 1.807) is 21.1 Å². The van der Waals surface area contributed by atoms with E-state index in [0.29, 0.717) is 34.9 Å². The second-order valence-electron chi connectivity index (χ2n) is 8.15. The largest absolute Gasteiger partial charge is 0.493 e. The van der Waals surface area contributed by atoms with Gasteiger partial charge in [0.05, 0.1) is 19.1 Å². The molecule has 0 bridgehead atoms. The normalized spacial score (nSPS) is 12.3. The first-order valence-corrected chi connectivity index (χ1v) is 11.1. The predicted octanol–water partition coefficient (Wildman–Crippen LogP) is 5.15. The fourth-order valence-electron chi connectivity index (χ4n) is 4.03. The summed E-state index contributed by atoms with van der Waals surface area (Å²) in [5.74, 6) is 1.39. The molecule has 0 atom stereocenters. The molecule has 0 aliphatic carbocycles. The number of aliphatic imine (C=N–C) groups is 1. The molecule has 9 nitrogen and oxygen atoms in total. The summed E-state index contributed by atoms with van der Waals surface area (Å²) >= 11 is 0. The minimum atomic E-state index is -0.469. The number of ether oxygens (including phenoxy) is 2. The molecule has 1 aliphatic heterocycles. The molecule has 35 heavy (non-hydrogen) atoms. The number of hydrogen-bond donors (Lipinski definition) is 2. The zero-order chi connectivity index (χ0) is 24.9. The smallest absolute Gasteiger partial charge is 0.323 e. The monoisotopic (exact) mass is 474 g/mol. The van der Waals surface area contributed by atoms with Crippen LogP contribution in [-0.4, -0.2) is 37.4 Å². The summed E-state index contributed by atoms with van der Waals surface area (Å²) in [5, 5.41) is 16.4. The molecule has 0 saturated carbocycles. The van der Waals surface area contributed by atoms with Crippen molar-refractivity contribution in [2.75, 3.05) is 31.4 Å². The summed E-state index contributed by atoms with van der Waals surface area (Å²) in [7, 11) is 3.25. The van der Waals surface area contributed by atoms with Crippen LogP contribution in [0.4, 0.5) is 21.9 Å². The number of carbonyl (C=O) groups is 1. The number of urea groups is 1. The molecular formula is C26H26N4O5. The molecule has 2 amide bonds. The maximum Gasteiger partial charge on any atom is 0.323 e. The summed E-state index contributed by atoms with van der Waals surface area (Å²) in [6.07, 6.45) is 1.50. The number of nitro benzene ring substituents is 1. The maximum atomic E-state index is 12.4. The topological polar surface area (TPSA) is 115 Å². The first-order valence-electron chi connectivity index (χ1n) is 11.1. The Labute approximate surface area is 202 Å². The van der Waals surface area contributed by atoms with Crippen LogP contribution in [-0.2, 0) is 12.8 Å². The molecule has 1 aliphatic rings. The third-order valence-electron chi connectivity index (χ3n) is 5.86. The molecule has 4 rings (SSSR count). The van der Waals surface area contributed by atoms with E-state index in [4.69, 9.17) is 14.5 Å². The van der Waals surface area contributed by atoms with Crippen LogP contribution in [0.2, 0.25) is 0 Å². The zero-order valence-electron chi connectivity index (χ0n) is 19.8. The molecule has 0 aromatic heterocycles. The van der Waals surface area contributed by atoms with Crippen LogP contribution in [0.5, 0.6) is 11.5 Å². The third-order valence-corrected chi connectivity index (χ3v) is 5.86. The van der Waals surface area contributed by atoms with Gasteiger partial charge < -0.3 is 20.1 Å². The van der Waals surface area contributed by atoms with E-state index in [1.807, 2.05) is 36.4 Å². The molecule has 0 radical (unpaired) electrons. The van der Waals surface area contributed by atoms with Crippen LogP contribution in [0.3, 0.4) is 0 Å². The van der Waals surface area contributed by atoms with Gasteiger partial charge >= 0.3 is 6.03 Å². The van der Waals surface area contributed by atoms with Gasteiger partial charge in [-0.2, -0.15) is 0 Å². The molecule has 1 heterocycles. The second-order valence-corrected chi connectivity index (χ2v) is 8.15. The number of rotatable bonds is 7. The van der Waals surface area contributed by atoms with Crippen molar-refractivity contribution >= 4 is 28.8 Å². The molecule has 0 saturated heterocycles. The van der Waals surface area contributed by atoms with Crippen LogP contribution in [0.15, 0.2) is 59.6 Å². The van der Waals surface area contributed by atoms with Crippen LogP contribution < -0.4 is 20.1 Å². The maximum absolute atomic E-state index is 12.4. The predicted molar refractivity (Wildman–Crippen MR) is 135 cm³/mol. The fraction of sp³-hybridized carbons (Fsp3) is 0.231. The number of amides is 2. The van der Waals surface area contributed by atoms with Crippen LogP contribution in [0.25, 0.3) is 0 Å². The molecule has 0 unspecified atom stereocenters. The lowest BCUT2D eigenvalue weighted by Gasteiger charge is -2.20. The number of hydrogen-bond acceptors (Lipinski definition) is 6. The summed E-state index contributed by atoms with van der Waals surface area (Å²) < 4.78 is 10.9. The van der Waals surface area contributed by atoms with Gasteiger partial charge in [-0.15, -0.1) is 0 Å². The van der Waals surface area contributed by atoms with Gasteiger partial charge in [-0.3, -0.25) is 15.1 Å². The van der Waals surface area contributed by atoms with Crippen molar-refractivity contribution in [2.24, 2.45) is 4.99 Å². The quantitative estimate of drug-likeness (QED) is 0.363. The van der Waals surface area contributed by atoms with E-state index < -0.39 is 11.0 Å². The molecule has 0 spiro atoms. The molecule has 3 aromatic rings. The Hall–Kier alpha value is -4.40. The van der Waals surface area contributed by atoms with Crippen LogP contribution in [0, 0.1) is 17.0 Å². The highest BCUT2D eigenvalue weighted by Crippen LogP contribution is 2.33. The van der Waals surface area contributed by atoms with E-state index in [2.05, 4.69) is 10.6 Å². The van der Waals surface area contributed by atoms with Gasteiger partial charge in [0.15, 0.2) is 11.5 Å².